The zero-order valence-electron chi connectivity index (χ0n) is 11.1. The number of benzene rings is 1. The molecule has 2 heterocycles. The first-order valence-electron chi connectivity index (χ1n) is 6.08. The minimum atomic E-state index is 0.624. The second-order valence-corrected chi connectivity index (χ2v) is 4.69. The van der Waals surface area contributed by atoms with Crippen molar-refractivity contribution in [3.05, 3.63) is 47.7 Å². The van der Waals surface area contributed by atoms with Gasteiger partial charge in [-0.2, -0.15) is 0 Å². The number of imidazole rings is 1. The van der Waals surface area contributed by atoms with E-state index in [0.29, 0.717) is 16.5 Å². The van der Waals surface area contributed by atoms with Crippen molar-refractivity contribution in [2.45, 2.75) is 0 Å². The number of methoxy groups -OCH3 is 2. The van der Waals surface area contributed by atoms with E-state index in [4.69, 9.17) is 21.1 Å². The van der Waals surface area contributed by atoms with Gasteiger partial charge >= 0.3 is 0 Å². The van der Waals surface area contributed by atoms with Crippen LogP contribution in [0.4, 0.5) is 0 Å². The SMILES string of the molecule is COc1ccc(-c2cn3cccc(Cl)c3n2)cc1OC. The van der Waals surface area contributed by atoms with Crippen LogP contribution in [-0.2, 0) is 0 Å². The molecule has 3 rings (SSSR count). The van der Waals surface area contributed by atoms with E-state index in [1.165, 1.54) is 0 Å². The summed E-state index contributed by atoms with van der Waals surface area (Å²) < 4.78 is 12.4. The molecule has 0 aliphatic rings. The Morgan fingerprint density at radius 1 is 1.10 bits per heavy atom. The van der Waals surface area contributed by atoms with Gasteiger partial charge in [0.2, 0.25) is 0 Å². The van der Waals surface area contributed by atoms with Crippen LogP contribution in [0, 0.1) is 0 Å². The number of aromatic nitrogens is 2. The maximum Gasteiger partial charge on any atom is 0.161 e. The lowest BCUT2D eigenvalue weighted by atomic mass is 10.1. The first-order valence-corrected chi connectivity index (χ1v) is 6.46. The maximum atomic E-state index is 6.14. The van der Waals surface area contributed by atoms with Crippen molar-refractivity contribution >= 4 is 17.2 Å². The van der Waals surface area contributed by atoms with Crippen LogP contribution in [0.5, 0.6) is 11.5 Å². The summed E-state index contributed by atoms with van der Waals surface area (Å²) in [5.74, 6) is 1.37. The normalized spacial score (nSPS) is 10.8. The fourth-order valence-corrected chi connectivity index (χ4v) is 2.33. The molecule has 2 aromatic heterocycles. The third-order valence-corrected chi connectivity index (χ3v) is 3.41. The summed E-state index contributed by atoms with van der Waals surface area (Å²) in [5.41, 5.74) is 2.51. The Morgan fingerprint density at radius 2 is 1.90 bits per heavy atom. The molecule has 0 bridgehead atoms. The monoisotopic (exact) mass is 288 g/mol. The van der Waals surface area contributed by atoms with Crippen molar-refractivity contribution in [2.24, 2.45) is 0 Å². The molecule has 1 aromatic carbocycles. The lowest BCUT2D eigenvalue weighted by Gasteiger charge is -2.08. The van der Waals surface area contributed by atoms with Gasteiger partial charge in [-0.3, -0.25) is 0 Å². The fraction of sp³-hybridized carbons (Fsp3) is 0.133. The largest absolute Gasteiger partial charge is 0.493 e. The predicted octanol–water partition coefficient (Wildman–Crippen LogP) is 3.67. The predicted molar refractivity (Wildman–Crippen MR) is 78.7 cm³/mol. The van der Waals surface area contributed by atoms with Crippen LogP contribution in [0.25, 0.3) is 16.9 Å². The van der Waals surface area contributed by atoms with Crippen LogP contribution < -0.4 is 9.47 Å². The highest BCUT2D eigenvalue weighted by atomic mass is 35.5. The Bertz CT molecular complexity index is 768. The molecule has 0 N–H and O–H groups in total. The Hall–Kier alpha value is -2.20. The van der Waals surface area contributed by atoms with Gasteiger partial charge in [0.15, 0.2) is 17.1 Å². The van der Waals surface area contributed by atoms with E-state index < -0.39 is 0 Å². The molecular formula is C15H13ClN2O2. The number of nitrogens with zero attached hydrogens (tertiary/aromatic N) is 2. The number of ether oxygens (including phenoxy) is 2. The molecule has 0 aliphatic heterocycles. The Labute approximate surface area is 121 Å². The number of hydrogen-bond acceptors (Lipinski definition) is 3. The molecule has 0 spiro atoms. The van der Waals surface area contributed by atoms with Gasteiger partial charge in [-0.05, 0) is 30.3 Å². The summed E-state index contributed by atoms with van der Waals surface area (Å²) in [6, 6.07) is 9.41. The van der Waals surface area contributed by atoms with Gasteiger partial charge < -0.3 is 13.9 Å². The first kappa shape index (κ1) is 12.8. The van der Waals surface area contributed by atoms with E-state index in [1.807, 2.05) is 47.1 Å². The Morgan fingerprint density at radius 3 is 2.60 bits per heavy atom. The molecule has 0 atom stereocenters. The molecule has 3 aromatic rings. The molecule has 0 radical (unpaired) electrons. The molecule has 0 saturated heterocycles. The van der Waals surface area contributed by atoms with E-state index in [-0.39, 0.29) is 0 Å². The lowest BCUT2D eigenvalue weighted by molar-refractivity contribution is 0.355. The van der Waals surface area contributed by atoms with Gasteiger partial charge in [-0.15, -0.1) is 0 Å². The van der Waals surface area contributed by atoms with Crippen LogP contribution in [0.1, 0.15) is 0 Å². The van der Waals surface area contributed by atoms with Crippen LogP contribution in [0.15, 0.2) is 42.7 Å². The quantitative estimate of drug-likeness (QED) is 0.738. The highest BCUT2D eigenvalue weighted by Gasteiger charge is 2.10. The number of fused-ring (bicyclic) bond motifs is 1. The van der Waals surface area contributed by atoms with E-state index in [0.717, 1.165) is 16.9 Å². The van der Waals surface area contributed by atoms with Gasteiger partial charge in [-0.25, -0.2) is 4.98 Å². The van der Waals surface area contributed by atoms with Crippen LogP contribution in [0.2, 0.25) is 5.02 Å². The minimum absolute atomic E-state index is 0.624. The lowest BCUT2D eigenvalue weighted by Crippen LogP contribution is -1.90. The smallest absolute Gasteiger partial charge is 0.161 e. The van der Waals surface area contributed by atoms with Gasteiger partial charge in [0.05, 0.1) is 24.9 Å². The van der Waals surface area contributed by atoms with Gasteiger partial charge in [0.25, 0.3) is 0 Å². The topological polar surface area (TPSA) is 35.8 Å². The van der Waals surface area contributed by atoms with Crippen molar-refractivity contribution in [1.82, 2.24) is 9.38 Å². The molecule has 0 fully saturated rings. The van der Waals surface area contributed by atoms with Crippen molar-refractivity contribution in [3.8, 4) is 22.8 Å². The number of pyridine rings is 1. The van der Waals surface area contributed by atoms with Crippen molar-refractivity contribution in [3.63, 3.8) is 0 Å². The van der Waals surface area contributed by atoms with E-state index >= 15 is 0 Å². The fourth-order valence-electron chi connectivity index (χ4n) is 2.11. The number of halogens is 1. The van der Waals surface area contributed by atoms with Gasteiger partial charge in [-0.1, -0.05) is 11.6 Å². The van der Waals surface area contributed by atoms with E-state index in [1.54, 1.807) is 14.2 Å². The second kappa shape index (κ2) is 5.06. The van der Waals surface area contributed by atoms with E-state index in [9.17, 15) is 0 Å². The van der Waals surface area contributed by atoms with Crippen LogP contribution in [0.3, 0.4) is 0 Å². The molecule has 20 heavy (non-hydrogen) atoms. The standard InChI is InChI=1S/C15H13ClN2O2/c1-19-13-6-5-10(8-14(13)20-2)12-9-18-7-3-4-11(16)15(18)17-12/h3-9H,1-2H3. The van der Waals surface area contributed by atoms with Crippen LogP contribution >= 0.6 is 11.6 Å². The molecular weight excluding hydrogens is 276 g/mol. The molecule has 0 aliphatic carbocycles. The molecule has 0 saturated carbocycles. The molecule has 102 valence electrons. The maximum absolute atomic E-state index is 6.14. The summed E-state index contributed by atoms with van der Waals surface area (Å²) >= 11 is 6.14. The van der Waals surface area contributed by atoms with Crippen molar-refractivity contribution in [2.75, 3.05) is 14.2 Å². The zero-order chi connectivity index (χ0) is 14.1. The average Bonchev–Trinajstić information content (AvgIpc) is 2.92. The summed E-state index contributed by atoms with van der Waals surface area (Å²) in [7, 11) is 3.23. The summed E-state index contributed by atoms with van der Waals surface area (Å²) in [4.78, 5) is 4.55. The molecule has 0 unspecified atom stereocenters. The third-order valence-electron chi connectivity index (χ3n) is 3.11. The summed E-state index contributed by atoms with van der Waals surface area (Å²) in [6.07, 6.45) is 3.85. The highest BCUT2D eigenvalue weighted by molar-refractivity contribution is 6.33. The molecule has 4 nitrogen and oxygen atoms in total. The van der Waals surface area contributed by atoms with Gasteiger partial charge in [0.1, 0.15) is 0 Å². The Kier molecular flexibility index (Phi) is 3.24. The molecule has 0 amide bonds. The van der Waals surface area contributed by atoms with Crippen molar-refractivity contribution < 1.29 is 9.47 Å². The first-order chi connectivity index (χ1) is 9.72. The Balaban J connectivity index is 2.13. The van der Waals surface area contributed by atoms with Crippen molar-refractivity contribution in [1.29, 1.82) is 0 Å². The summed E-state index contributed by atoms with van der Waals surface area (Å²) in [5, 5.41) is 0.624. The minimum Gasteiger partial charge on any atom is -0.493 e. The number of hydrogen-bond donors (Lipinski definition) is 0. The third kappa shape index (κ3) is 2.08. The highest BCUT2D eigenvalue weighted by Crippen LogP contribution is 2.32. The number of rotatable bonds is 3. The van der Waals surface area contributed by atoms with E-state index in [2.05, 4.69) is 4.98 Å². The second-order valence-electron chi connectivity index (χ2n) is 4.28. The van der Waals surface area contributed by atoms with Crippen LogP contribution in [-0.4, -0.2) is 23.6 Å². The summed E-state index contributed by atoms with van der Waals surface area (Å²) in [6.45, 7) is 0. The van der Waals surface area contributed by atoms with Gasteiger partial charge in [0, 0.05) is 18.0 Å². The molecule has 5 heteroatoms. The zero-order valence-corrected chi connectivity index (χ0v) is 11.9. The average molecular weight is 289 g/mol.